The van der Waals surface area contributed by atoms with Gasteiger partial charge in [0, 0.05) is 29.8 Å². The molecule has 1 aliphatic rings. The minimum Gasteiger partial charge on any atom is -0.349 e. The van der Waals surface area contributed by atoms with Gasteiger partial charge in [-0.05, 0) is 48.6 Å². The van der Waals surface area contributed by atoms with Crippen molar-refractivity contribution in [1.29, 1.82) is 0 Å². The summed E-state index contributed by atoms with van der Waals surface area (Å²) in [4.78, 5) is 21.5. The van der Waals surface area contributed by atoms with E-state index in [0.717, 1.165) is 14.8 Å². The lowest BCUT2D eigenvalue weighted by molar-refractivity contribution is 0.0913. The second-order valence-electron chi connectivity index (χ2n) is 4.53. The molecule has 1 aliphatic heterocycles. The highest BCUT2D eigenvalue weighted by Gasteiger charge is 2.28. The first-order valence-corrected chi connectivity index (χ1v) is 7.62. The lowest BCUT2D eigenvalue weighted by Crippen LogP contribution is -2.39. The number of hydrogen-bond acceptors (Lipinski definition) is 3. The molecule has 0 aromatic carbocycles. The van der Waals surface area contributed by atoms with Gasteiger partial charge in [0.25, 0.3) is 5.91 Å². The zero-order chi connectivity index (χ0) is 15.0. The molecule has 3 rings (SSSR count). The summed E-state index contributed by atoms with van der Waals surface area (Å²) in [5, 5.41) is 6.28. The van der Waals surface area contributed by atoms with Crippen LogP contribution < -0.4 is 5.32 Å². The maximum atomic E-state index is 11.9. The van der Waals surface area contributed by atoms with Gasteiger partial charge in [-0.15, -0.1) is 0 Å². The molecule has 2 N–H and O–H groups in total. The van der Waals surface area contributed by atoms with E-state index in [4.69, 9.17) is 5.53 Å². The summed E-state index contributed by atoms with van der Waals surface area (Å²) in [6.07, 6.45) is 2.26. The Balaban J connectivity index is 1.91. The van der Waals surface area contributed by atoms with E-state index in [0.29, 0.717) is 18.7 Å². The largest absolute Gasteiger partial charge is 0.349 e. The number of H-pyrrole nitrogens is 1. The Kier molecular flexibility index (Phi) is 3.75. The average Bonchev–Trinajstić information content (AvgIpc) is 3.01. The molecule has 2 aromatic rings. The minimum atomic E-state index is -0.1000. The average molecular weight is 415 g/mol. The van der Waals surface area contributed by atoms with E-state index in [1.54, 1.807) is 12.3 Å². The molecule has 108 valence electrons. The highest BCUT2D eigenvalue weighted by molar-refractivity contribution is 9.13. The van der Waals surface area contributed by atoms with Crippen molar-refractivity contribution in [2.24, 2.45) is 5.11 Å². The van der Waals surface area contributed by atoms with Gasteiger partial charge in [-0.25, -0.2) is 4.98 Å². The first-order chi connectivity index (χ1) is 10.1. The molecule has 1 atom stereocenters. The van der Waals surface area contributed by atoms with Crippen LogP contribution in [0.25, 0.3) is 10.4 Å². The van der Waals surface area contributed by atoms with Gasteiger partial charge in [0.2, 0.25) is 0 Å². The molecule has 10 heteroatoms. The number of hydrogen-bond donors (Lipinski definition) is 2. The molecule has 0 unspecified atom stereocenters. The molecule has 0 saturated carbocycles. The first-order valence-electron chi connectivity index (χ1n) is 6.03. The predicted molar refractivity (Wildman–Crippen MR) is 82.3 cm³/mol. The number of nitrogens with one attached hydrogen (secondary N) is 2. The minimum absolute atomic E-state index is 0.0396. The summed E-state index contributed by atoms with van der Waals surface area (Å²) >= 11 is 6.91. The standard InChI is InChI=1S/C11H9Br2N7O/c12-7-2-8-10(21)15-4-6(20(8)9(7)13)1-5-3-16-11(17-5)18-19-14/h2-3,6H,1,4H2,(H,15,21)(H,16,17)/t6-/m1/s1. The molecule has 2 aromatic heterocycles. The van der Waals surface area contributed by atoms with Gasteiger partial charge in [0.05, 0.1) is 15.1 Å². The molecule has 0 saturated heterocycles. The summed E-state index contributed by atoms with van der Waals surface area (Å²) in [6.45, 7) is 0.515. The number of nitrogens with zero attached hydrogens (tertiary/aromatic N) is 5. The Morgan fingerprint density at radius 2 is 2.38 bits per heavy atom. The van der Waals surface area contributed by atoms with E-state index in [1.807, 2.05) is 4.57 Å². The molecule has 8 nitrogen and oxygen atoms in total. The predicted octanol–water partition coefficient (Wildman–Crippen LogP) is 3.21. The number of fused-ring (bicyclic) bond motifs is 1. The number of halogens is 2. The Morgan fingerprint density at radius 3 is 3.14 bits per heavy atom. The van der Waals surface area contributed by atoms with Crippen LogP contribution in [-0.4, -0.2) is 27.0 Å². The molecule has 1 amide bonds. The third-order valence-electron chi connectivity index (χ3n) is 3.24. The molecule has 3 heterocycles. The lowest BCUT2D eigenvalue weighted by atomic mass is 10.1. The van der Waals surface area contributed by atoms with E-state index >= 15 is 0 Å². The van der Waals surface area contributed by atoms with E-state index in [9.17, 15) is 4.79 Å². The van der Waals surface area contributed by atoms with Crippen molar-refractivity contribution >= 4 is 43.7 Å². The maximum Gasteiger partial charge on any atom is 0.268 e. The second-order valence-corrected chi connectivity index (χ2v) is 6.13. The highest BCUT2D eigenvalue weighted by Crippen LogP contribution is 2.33. The number of imidazole rings is 1. The van der Waals surface area contributed by atoms with Crippen molar-refractivity contribution in [1.82, 2.24) is 19.9 Å². The van der Waals surface area contributed by atoms with Crippen molar-refractivity contribution in [2.75, 3.05) is 6.54 Å². The number of aromatic amines is 1. The van der Waals surface area contributed by atoms with E-state index < -0.39 is 0 Å². The fourth-order valence-corrected chi connectivity index (χ4v) is 3.36. The molecule has 0 fully saturated rings. The highest BCUT2D eigenvalue weighted by atomic mass is 79.9. The lowest BCUT2D eigenvalue weighted by Gasteiger charge is -2.27. The molecule has 0 bridgehead atoms. The van der Waals surface area contributed by atoms with Crippen LogP contribution in [0.1, 0.15) is 22.2 Å². The van der Waals surface area contributed by atoms with Gasteiger partial charge < -0.3 is 14.9 Å². The van der Waals surface area contributed by atoms with Gasteiger partial charge in [-0.3, -0.25) is 4.79 Å². The Bertz CT molecular complexity index is 759. The molecular weight excluding hydrogens is 406 g/mol. The monoisotopic (exact) mass is 413 g/mol. The van der Waals surface area contributed by atoms with Gasteiger partial charge in [0.15, 0.2) is 5.95 Å². The Morgan fingerprint density at radius 1 is 1.57 bits per heavy atom. The second kappa shape index (κ2) is 5.55. The molecule has 0 radical (unpaired) electrons. The molecular formula is C11H9Br2N7O. The molecule has 0 spiro atoms. The SMILES string of the molecule is [N-]=[N+]=Nc1ncc(C[C@@H]2CNC(=O)c3cc(Br)c(Br)n32)[nH]1. The Labute approximate surface area is 135 Å². The van der Waals surface area contributed by atoms with Crippen LogP contribution in [-0.2, 0) is 6.42 Å². The van der Waals surface area contributed by atoms with Crippen molar-refractivity contribution in [3.8, 4) is 0 Å². The Hall–Kier alpha value is -1.77. The summed E-state index contributed by atoms with van der Waals surface area (Å²) < 4.78 is 3.60. The van der Waals surface area contributed by atoms with Crippen LogP contribution in [0.5, 0.6) is 0 Å². The third-order valence-corrected chi connectivity index (χ3v) is 5.18. The summed E-state index contributed by atoms with van der Waals surface area (Å²) in [6, 6.07) is 1.82. The van der Waals surface area contributed by atoms with E-state index in [1.165, 1.54) is 0 Å². The molecule has 0 aliphatic carbocycles. The van der Waals surface area contributed by atoms with Gasteiger partial charge in [0.1, 0.15) is 5.69 Å². The van der Waals surface area contributed by atoms with E-state index in [-0.39, 0.29) is 17.9 Å². The normalized spacial score (nSPS) is 17.0. The number of carbonyl (C=O) groups excluding carboxylic acids is 1. The number of azide groups is 1. The summed E-state index contributed by atoms with van der Waals surface area (Å²) in [7, 11) is 0. The quantitative estimate of drug-likeness (QED) is 0.456. The fraction of sp³-hybridized carbons (Fsp3) is 0.273. The maximum absolute atomic E-state index is 11.9. The van der Waals surface area contributed by atoms with Crippen LogP contribution >= 0.6 is 31.9 Å². The van der Waals surface area contributed by atoms with Gasteiger partial charge in [-0.2, -0.15) is 0 Å². The fourth-order valence-electron chi connectivity index (χ4n) is 2.36. The zero-order valence-electron chi connectivity index (χ0n) is 10.5. The topological polar surface area (TPSA) is 111 Å². The number of amides is 1. The summed E-state index contributed by atoms with van der Waals surface area (Å²) in [5.74, 6) is 0.136. The van der Waals surface area contributed by atoms with Crippen molar-refractivity contribution in [3.63, 3.8) is 0 Å². The van der Waals surface area contributed by atoms with Gasteiger partial charge in [-0.1, -0.05) is 0 Å². The van der Waals surface area contributed by atoms with Crippen molar-refractivity contribution in [2.45, 2.75) is 12.5 Å². The van der Waals surface area contributed by atoms with Crippen LogP contribution in [0.2, 0.25) is 0 Å². The van der Waals surface area contributed by atoms with Crippen LogP contribution in [0.3, 0.4) is 0 Å². The van der Waals surface area contributed by atoms with Crippen LogP contribution in [0.15, 0.2) is 26.5 Å². The van der Waals surface area contributed by atoms with Crippen LogP contribution in [0, 0.1) is 0 Å². The first kappa shape index (κ1) is 14.2. The van der Waals surface area contributed by atoms with Crippen molar-refractivity contribution in [3.05, 3.63) is 43.2 Å². The number of carbonyl (C=O) groups is 1. The van der Waals surface area contributed by atoms with Gasteiger partial charge >= 0.3 is 0 Å². The molecule has 21 heavy (non-hydrogen) atoms. The number of aromatic nitrogens is 3. The van der Waals surface area contributed by atoms with Crippen LogP contribution in [0.4, 0.5) is 5.95 Å². The summed E-state index contributed by atoms with van der Waals surface area (Å²) in [5.41, 5.74) is 9.82. The zero-order valence-corrected chi connectivity index (χ0v) is 13.7. The smallest absolute Gasteiger partial charge is 0.268 e. The third kappa shape index (κ3) is 2.57. The number of rotatable bonds is 3. The van der Waals surface area contributed by atoms with Crippen molar-refractivity contribution < 1.29 is 4.79 Å². The van der Waals surface area contributed by atoms with E-state index in [2.05, 4.69) is 57.2 Å².